The average molecular weight is 361 g/mol. The van der Waals surface area contributed by atoms with Crippen molar-refractivity contribution in [3.8, 4) is 0 Å². The highest BCUT2D eigenvalue weighted by molar-refractivity contribution is 9.10. The highest BCUT2D eigenvalue weighted by Crippen LogP contribution is 2.24. The van der Waals surface area contributed by atoms with E-state index in [1.165, 1.54) is 6.07 Å². The van der Waals surface area contributed by atoms with E-state index in [2.05, 4.69) is 20.9 Å². The number of rotatable bonds is 3. The monoisotopic (exact) mass is 359 g/mol. The second-order valence-electron chi connectivity index (χ2n) is 4.06. The van der Waals surface area contributed by atoms with Gasteiger partial charge in [-0.3, -0.25) is 4.98 Å². The fourth-order valence-corrected chi connectivity index (χ4v) is 3.71. The minimum atomic E-state index is -3.48. The molecule has 0 bridgehead atoms. The Hall–Kier alpha value is -0.910. The van der Waals surface area contributed by atoms with Crippen molar-refractivity contribution in [3.05, 3.63) is 57.3 Å². The molecule has 0 saturated heterocycles. The molecule has 0 amide bonds. The van der Waals surface area contributed by atoms with Crippen LogP contribution >= 0.6 is 27.5 Å². The van der Waals surface area contributed by atoms with E-state index in [9.17, 15) is 8.42 Å². The summed E-state index contributed by atoms with van der Waals surface area (Å²) in [5.41, 5.74) is 1.26. The Morgan fingerprint density at radius 2 is 1.89 bits per heavy atom. The van der Waals surface area contributed by atoms with Crippen molar-refractivity contribution >= 4 is 37.4 Å². The van der Waals surface area contributed by atoms with Gasteiger partial charge in [0.05, 0.1) is 27.1 Å². The molecular weight excluding hydrogens is 350 g/mol. The third kappa shape index (κ3) is 3.35. The predicted octanol–water partition coefficient (Wildman–Crippen LogP) is 3.78. The smallest absolute Gasteiger partial charge is 0.185 e. The molecule has 2 rings (SSSR count). The predicted molar refractivity (Wildman–Crippen MR) is 79.0 cm³/mol. The van der Waals surface area contributed by atoms with Crippen molar-refractivity contribution in [1.82, 2.24) is 4.98 Å². The lowest BCUT2D eigenvalue weighted by Gasteiger charge is -2.07. The molecular formula is C13H11BrClNO2S. The van der Waals surface area contributed by atoms with E-state index in [1.807, 2.05) is 6.92 Å². The fourth-order valence-electron chi connectivity index (χ4n) is 1.65. The second kappa shape index (κ2) is 5.61. The second-order valence-corrected chi connectivity index (χ2v) is 7.28. The summed E-state index contributed by atoms with van der Waals surface area (Å²) >= 11 is 9.26. The van der Waals surface area contributed by atoms with Crippen LogP contribution in [0.3, 0.4) is 0 Å². The topological polar surface area (TPSA) is 47.0 Å². The molecule has 0 spiro atoms. The van der Waals surface area contributed by atoms with Gasteiger partial charge in [0.1, 0.15) is 0 Å². The molecule has 2 aromatic rings. The van der Waals surface area contributed by atoms with Gasteiger partial charge in [0, 0.05) is 4.47 Å². The van der Waals surface area contributed by atoms with Crippen LogP contribution in [-0.2, 0) is 15.6 Å². The van der Waals surface area contributed by atoms with Crippen molar-refractivity contribution in [2.45, 2.75) is 17.6 Å². The molecule has 6 heteroatoms. The molecule has 0 unspecified atom stereocenters. The normalized spacial score (nSPS) is 11.5. The minimum absolute atomic E-state index is 0.138. The van der Waals surface area contributed by atoms with Crippen LogP contribution in [0.25, 0.3) is 0 Å². The first kappa shape index (κ1) is 14.5. The number of hydrogen-bond acceptors (Lipinski definition) is 3. The summed E-state index contributed by atoms with van der Waals surface area (Å²) in [4.78, 5) is 4.38. The lowest BCUT2D eigenvalue weighted by molar-refractivity contribution is 0.594. The summed E-state index contributed by atoms with van der Waals surface area (Å²) in [5.74, 6) is -0.162. The SMILES string of the molecule is Cc1nc(CS(=O)(=O)c2ccccc2Cl)ccc1Br. The highest BCUT2D eigenvalue weighted by Gasteiger charge is 2.19. The maximum absolute atomic E-state index is 12.3. The number of sulfone groups is 1. The fraction of sp³-hybridized carbons (Fsp3) is 0.154. The zero-order valence-electron chi connectivity index (χ0n) is 10.1. The van der Waals surface area contributed by atoms with Crippen LogP contribution in [0.5, 0.6) is 0 Å². The summed E-state index contributed by atoms with van der Waals surface area (Å²) in [6.45, 7) is 1.82. The van der Waals surface area contributed by atoms with Gasteiger partial charge in [0.15, 0.2) is 9.84 Å². The van der Waals surface area contributed by atoms with E-state index in [4.69, 9.17) is 11.6 Å². The van der Waals surface area contributed by atoms with Gasteiger partial charge in [0.25, 0.3) is 0 Å². The Morgan fingerprint density at radius 1 is 1.21 bits per heavy atom. The number of pyridine rings is 1. The van der Waals surface area contributed by atoms with Gasteiger partial charge < -0.3 is 0 Å². The summed E-state index contributed by atoms with van der Waals surface area (Å²) < 4.78 is 25.4. The summed E-state index contributed by atoms with van der Waals surface area (Å²) in [6.07, 6.45) is 0. The molecule has 1 aromatic heterocycles. The van der Waals surface area contributed by atoms with E-state index < -0.39 is 9.84 Å². The molecule has 1 aromatic carbocycles. The molecule has 19 heavy (non-hydrogen) atoms. The molecule has 0 aliphatic heterocycles. The van der Waals surface area contributed by atoms with Crippen molar-refractivity contribution in [1.29, 1.82) is 0 Å². The summed E-state index contributed by atoms with van der Waals surface area (Å²) in [5, 5.41) is 0.233. The van der Waals surface area contributed by atoms with Gasteiger partial charge in [-0.05, 0) is 47.1 Å². The van der Waals surface area contributed by atoms with E-state index >= 15 is 0 Å². The van der Waals surface area contributed by atoms with Crippen LogP contribution in [0.15, 0.2) is 45.8 Å². The Morgan fingerprint density at radius 3 is 2.53 bits per heavy atom. The molecule has 0 saturated carbocycles. The Kier molecular flexibility index (Phi) is 4.28. The van der Waals surface area contributed by atoms with E-state index in [1.54, 1.807) is 30.3 Å². The number of benzene rings is 1. The van der Waals surface area contributed by atoms with Crippen LogP contribution in [0.4, 0.5) is 0 Å². The molecule has 0 aliphatic rings. The zero-order chi connectivity index (χ0) is 14.0. The first-order chi connectivity index (χ1) is 8.90. The maximum atomic E-state index is 12.3. The van der Waals surface area contributed by atoms with Crippen LogP contribution in [0.2, 0.25) is 5.02 Å². The maximum Gasteiger partial charge on any atom is 0.185 e. The Labute approximate surface area is 125 Å². The number of hydrogen-bond donors (Lipinski definition) is 0. The molecule has 100 valence electrons. The Bertz CT molecular complexity index is 716. The molecule has 0 N–H and O–H groups in total. The minimum Gasteiger partial charge on any atom is -0.256 e. The van der Waals surface area contributed by atoms with E-state index in [0.717, 1.165) is 10.2 Å². The summed E-state index contributed by atoms with van der Waals surface area (Å²) in [6, 6.07) is 9.89. The third-order valence-corrected chi connectivity index (χ3v) is 5.57. The number of aryl methyl sites for hydroxylation is 1. The first-order valence-corrected chi connectivity index (χ1v) is 8.32. The lowest BCUT2D eigenvalue weighted by Crippen LogP contribution is -2.07. The van der Waals surface area contributed by atoms with Crippen LogP contribution in [0.1, 0.15) is 11.4 Å². The van der Waals surface area contributed by atoms with Gasteiger partial charge in [-0.25, -0.2) is 8.42 Å². The van der Waals surface area contributed by atoms with Gasteiger partial charge >= 0.3 is 0 Å². The van der Waals surface area contributed by atoms with Crippen molar-refractivity contribution in [2.75, 3.05) is 0 Å². The van der Waals surface area contributed by atoms with Gasteiger partial charge in [-0.1, -0.05) is 23.7 Å². The van der Waals surface area contributed by atoms with Gasteiger partial charge in [0.2, 0.25) is 0 Å². The van der Waals surface area contributed by atoms with Crippen molar-refractivity contribution in [3.63, 3.8) is 0 Å². The standard InChI is InChI=1S/C13H11BrClNO2S/c1-9-11(14)7-6-10(16-9)8-19(17,18)13-5-3-2-4-12(13)15/h2-7H,8H2,1H3. The number of nitrogens with zero attached hydrogens (tertiary/aromatic N) is 1. The number of aromatic nitrogens is 1. The molecule has 0 aliphatic carbocycles. The highest BCUT2D eigenvalue weighted by atomic mass is 79.9. The molecule has 0 radical (unpaired) electrons. The number of halogens is 2. The van der Waals surface area contributed by atoms with Gasteiger partial charge in [-0.2, -0.15) is 0 Å². The lowest BCUT2D eigenvalue weighted by atomic mass is 10.3. The van der Waals surface area contributed by atoms with E-state index in [-0.39, 0.29) is 15.7 Å². The molecule has 0 atom stereocenters. The molecule has 3 nitrogen and oxygen atoms in total. The van der Waals surface area contributed by atoms with Crippen LogP contribution < -0.4 is 0 Å². The quantitative estimate of drug-likeness (QED) is 0.837. The van der Waals surface area contributed by atoms with Crippen molar-refractivity contribution in [2.24, 2.45) is 0 Å². The average Bonchev–Trinajstić information content (AvgIpc) is 2.34. The van der Waals surface area contributed by atoms with E-state index in [0.29, 0.717) is 5.69 Å². The summed E-state index contributed by atoms with van der Waals surface area (Å²) in [7, 11) is -3.48. The van der Waals surface area contributed by atoms with Crippen LogP contribution in [0, 0.1) is 6.92 Å². The Balaban J connectivity index is 2.37. The first-order valence-electron chi connectivity index (χ1n) is 5.49. The van der Waals surface area contributed by atoms with Crippen LogP contribution in [-0.4, -0.2) is 13.4 Å². The third-order valence-electron chi connectivity index (χ3n) is 2.59. The van der Waals surface area contributed by atoms with Crippen molar-refractivity contribution < 1.29 is 8.42 Å². The largest absolute Gasteiger partial charge is 0.256 e. The molecule has 0 fully saturated rings. The van der Waals surface area contributed by atoms with Gasteiger partial charge in [-0.15, -0.1) is 0 Å². The zero-order valence-corrected chi connectivity index (χ0v) is 13.3. The molecule has 1 heterocycles.